The van der Waals surface area contributed by atoms with Crippen LogP contribution in [-0.2, 0) is 38.3 Å². The second-order valence-corrected chi connectivity index (χ2v) is 7.09. The number of amides is 1. The van der Waals surface area contributed by atoms with Gasteiger partial charge >= 0.3 is 12.4 Å². The fraction of sp³-hybridized carbons (Fsp3) is 0.421. The van der Waals surface area contributed by atoms with Gasteiger partial charge in [0.1, 0.15) is 0 Å². The molecule has 1 N–H and O–H groups in total. The Hall–Kier alpha value is -2.34. The summed E-state index contributed by atoms with van der Waals surface area (Å²) in [5.74, 6) is -0.631. The predicted octanol–water partition coefficient (Wildman–Crippen LogP) is 3.91. The third kappa shape index (κ3) is 6.35. The topological polar surface area (TPSA) is 58.1 Å². The summed E-state index contributed by atoms with van der Waals surface area (Å²) in [5, 5.41) is 3.01. The van der Waals surface area contributed by atoms with Gasteiger partial charge in [0.2, 0.25) is 7.85 Å². The van der Waals surface area contributed by atoms with Gasteiger partial charge in [0, 0.05) is 62.8 Å². The van der Waals surface area contributed by atoms with Crippen LogP contribution in [0.1, 0.15) is 33.6 Å². The van der Waals surface area contributed by atoms with Crippen molar-refractivity contribution >= 4 is 26.1 Å². The monoisotopic (exact) mass is 478 g/mol. The van der Waals surface area contributed by atoms with E-state index in [9.17, 15) is 31.1 Å². The van der Waals surface area contributed by atoms with E-state index < -0.39 is 29.3 Å². The molecule has 1 amide bonds. The molecule has 0 bridgehead atoms. The van der Waals surface area contributed by atoms with E-state index in [0.717, 1.165) is 30.7 Å². The summed E-state index contributed by atoms with van der Waals surface area (Å²) in [5.41, 5.74) is 0.964. The Balaban J connectivity index is 0.000000224. The minimum atomic E-state index is -4.42. The molecule has 2 radical (unpaired) electrons. The fourth-order valence-electron chi connectivity index (χ4n) is 3.27. The summed E-state index contributed by atoms with van der Waals surface area (Å²) in [6.07, 6.45) is -5.86. The molecule has 2 aromatic heterocycles. The second kappa shape index (κ2) is 10.1. The van der Waals surface area contributed by atoms with Crippen molar-refractivity contribution in [3.63, 3.8) is 0 Å². The van der Waals surface area contributed by atoms with Gasteiger partial charge in [-0.05, 0) is 23.3 Å². The summed E-state index contributed by atoms with van der Waals surface area (Å²) in [6.45, 7) is 1.74. The van der Waals surface area contributed by atoms with Crippen LogP contribution in [0.25, 0.3) is 0 Å². The van der Waals surface area contributed by atoms with Crippen LogP contribution in [0, 0.1) is 0 Å². The highest BCUT2D eigenvalue weighted by molar-refractivity contribution is 6.56. The largest absolute Gasteiger partial charge is 0.417 e. The van der Waals surface area contributed by atoms with Crippen molar-refractivity contribution in [3.05, 3.63) is 58.2 Å². The number of fused-ring (bicyclic) bond motifs is 2. The Kier molecular flexibility index (Phi) is 8.16. The number of nitrogens with zero attached hydrogens (tertiary/aromatic N) is 3. The van der Waals surface area contributed by atoms with Gasteiger partial charge in [-0.15, -0.1) is 12.4 Å². The number of hydrogen-bond donors (Lipinski definition) is 1. The normalized spacial score (nSPS) is 15.5. The Bertz CT molecular complexity index is 970. The smallest absolute Gasteiger partial charge is 0.348 e. The van der Waals surface area contributed by atoms with Gasteiger partial charge in [-0.3, -0.25) is 14.8 Å². The molecule has 4 rings (SSSR count). The van der Waals surface area contributed by atoms with Crippen molar-refractivity contribution in [2.75, 3.05) is 13.1 Å². The number of aromatic nitrogens is 2. The maximum Gasteiger partial charge on any atom is 0.417 e. The molecule has 0 atom stereocenters. The minimum absolute atomic E-state index is 0. The lowest BCUT2D eigenvalue weighted by atomic mass is 10.0. The Morgan fingerprint density at radius 1 is 0.938 bits per heavy atom. The van der Waals surface area contributed by atoms with Crippen molar-refractivity contribution in [2.45, 2.75) is 38.3 Å². The van der Waals surface area contributed by atoms with Gasteiger partial charge in [0.15, 0.2) is 5.81 Å². The third-order valence-corrected chi connectivity index (χ3v) is 4.92. The molecule has 4 heterocycles. The van der Waals surface area contributed by atoms with Gasteiger partial charge in [0.05, 0.1) is 11.1 Å². The number of halogens is 7. The first-order valence-electron chi connectivity index (χ1n) is 9.30. The molecule has 0 spiro atoms. The van der Waals surface area contributed by atoms with Gasteiger partial charge < -0.3 is 10.2 Å². The van der Waals surface area contributed by atoms with Crippen LogP contribution in [0.15, 0.2) is 24.5 Å². The summed E-state index contributed by atoms with van der Waals surface area (Å²) in [4.78, 5) is 19.9. The zero-order chi connectivity index (χ0) is 22.8. The average molecular weight is 479 g/mol. The van der Waals surface area contributed by atoms with Crippen LogP contribution < -0.4 is 5.32 Å². The molecular formula is C19H18BClF6N4O. The highest BCUT2D eigenvalue weighted by Gasteiger charge is 2.33. The molecule has 0 saturated heterocycles. The van der Waals surface area contributed by atoms with Crippen molar-refractivity contribution in [2.24, 2.45) is 0 Å². The van der Waals surface area contributed by atoms with E-state index in [1.165, 1.54) is 11.0 Å². The number of alkyl halides is 6. The lowest BCUT2D eigenvalue weighted by molar-refractivity contribution is -0.138. The Morgan fingerprint density at radius 3 is 2.00 bits per heavy atom. The number of carbonyl (C=O) groups is 1. The molecule has 2 aliphatic heterocycles. The molecule has 5 nitrogen and oxygen atoms in total. The molecule has 13 heteroatoms. The number of hydrogen-bond acceptors (Lipinski definition) is 4. The molecule has 2 aromatic rings. The summed E-state index contributed by atoms with van der Waals surface area (Å²) in [7, 11) is 5.09. The van der Waals surface area contributed by atoms with E-state index in [4.69, 9.17) is 7.85 Å². The zero-order valence-corrected chi connectivity index (χ0v) is 17.4. The molecule has 0 saturated carbocycles. The predicted molar refractivity (Wildman–Crippen MR) is 106 cm³/mol. The van der Waals surface area contributed by atoms with Crippen molar-refractivity contribution in [1.29, 1.82) is 0 Å². The maximum atomic E-state index is 12.5. The highest BCUT2D eigenvalue weighted by Crippen LogP contribution is 2.31. The minimum Gasteiger partial charge on any atom is -0.348 e. The van der Waals surface area contributed by atoms with Gasteiger partial charge in [-0.2, -0.15) is 26.3 Å². The van der Waals surface area contributed by atoms with Crippen LogP contribution in [0.3, 0.4) is 0 Å². The van der Waals surface area contributed by atoms with Gasteiger partial charge in [-0.25, -0.2) is 0 Å². The lowest BCUT2D eigenvalue weighted by Gasteiger charge is -2.28. The molecule has 32 heavy (non-hydrogen) atoms. The van der Waals surface area contributed by atoms with E-state index in [0.29, 0.717) is 42.8 Å². The van der Waals surface area contributed by atoms with E-state index in [1.807, 2.05) is 0 Å². The third-order valence-electron chi connectivity index (χ3n) is 4.92. The summed E-state index contributed by atoms with van der Waals surface area (Å²) >= 11 is 0. The summed E-state index contributed by atoms with van der Waals surface area (Å²) < 4.78 is 74.3. The standard InChI is InChI=1S/C10H8BF3N2O.C9H9F3N2.ClH/c11-9(17)16-2-1-8-6(5-16)3-7(4-15-8)10(12,13)14;10-9(11,12)7-3-6-4-13-2-1-8(6)14-5-7;/h3-4H,1-2,5H2;3,5,13H,1-2,4H2;1H. The van der Waals surface area contributed by atoms with E-state index in [-0.39, 0.29) is 19.0 Å². The van der Waals surface area contributed by atoms with Crippen LogP contribution >= 0.6 is 12.4 Å². The molecular weight excluding hydrogens is 460 g/mol. The van der Waals surface area contributed by atoms with Crippen molar-refractivity contribution in [3.8, 4) is 0 Å². The van der Waals surface area contributed by atoms with Gasteiger partial charge in [0.25, 0.3) is 0 Å². The van der Waals surface area contributed by atoms with Crippen LogP contribution in [-0.4, -0.2) is 41.6 Å². The quantitative estimate of drug-likeness (QED) is 0.461. The fourth-order valence-corrected chi connectivity index (χ4v) is 3.27. The molecule has 172 valence electrons. The van der Waals surface area contributed by atoms with E-state index in [2.05, 4.69) is 15.3 Å². The van der Waals surface area contributed by atoms with Crippen LogP contribution in [0.2, 0.25) is 0 Å². The highest BCUT2D eigenvalue weighted by atomic mass is 35.5. The number of nitrogens with one attached hydrogen (secondary N) is 1. The number of carbonyl (C=O) groups excluding carboxylic acids is 1. The first-order valence-corrected chi connectivity index (χ1v) is 9.30. The van der Waals surface area contributed by atoms with Crippen molar-refractivity contribution in [1.82, 2.24) is 20.2 Å². The average Bonchev–Trinajstić information content (AvgIpc) is 2.71. The molecule has 0 aliphatic carbocycles. The Labute approximate surface area is 187 Å². The lowest BCUT2D eigenvalue weighted by Crippen LogP contribution is -2.35. The van der Waals surface area contributed by atoms with Crippen LogP contribution in [0.5, 0.6) is 0 Å². The van der Waals surface area contributed by atoms with E-state index >= 15 is 0 Å². The van der Waals surface area contributed by atoms with Gasteiger partial charge in [-0.1, -0.05) is 0 Å². The first-order chi connectivity index (χ1) is 14.4. The molecule has 0 unspecified atom stereocenters. The SMILES string of the molecule is Cl.FC(F)(F)c1cnc2c(c1)CNCC2.[B]C(=O)N1CCc2ncc(C(F)(F)F)cc2C1. The zero-order valence-electron chi connectivity index (χ0n) is 16.6. The molecule has 0 aromatic carbocycles. The second-order valence-electron chi connectivity index (χ2n) is 7.09. The Morgan fingerprint density at radius 2 is 1.47 bits per heavy atom. The van der Waals surface area contributed by atoms with Crippen molar-refractivity contribution < 1.29 is 31.1 Å². The number of rotatable bonds is 0. The summed E-state index contributed by atoms with van der Waals surface area (Å²) in [6, 6.07) is 2.20. The van der Waals surface area contributed by atoms with Crippen LogP contribution in [0.4, 0.5) is 31.1 Å². The maximum absolute atomic E-state index is 12.5. The molecule has 0 fully saturated rings. The molecule has 2 aliphatic rings. The van der Waals surface area contributed by atoms with E-state index in [1.54, 1.807) is 0 Å². The number of pyridine rings is 2. The first kappa shape index (κ1) is 25.9.